The van der Waals surface area contributed by atoms with Crippen LogP contribution < -0.4 is 5.32 Å². The first-order valence-corrected chi connectivity index (χ1v) is 8.20. The first kappa shape index (κ1) is 15.0. The predicted octanol–water partition coefficient (Wildman–Crippen LogP) is 3.68. The summed E-state index contributed by atoms with van der Waals surface area (Å²) in [7, 11) is 2.10. The van der Waals surface area contributed by atoms with Gasteiger partial charge in [-0.25, -0.2) is 0 Å². The van der Waals surface area contributed by atoms with Gasteiger partial charge in [-0.2, -0.15) is 5.10 Å². The molecule has 0 aliphatic heterocycles. The molecule has 1 aromatic heterocycles. The van der Waals surface area contributed by atoms with E-state index in [4.69, 9.17) is 0 Å². The summed E-state index contributed by atoms with van der Waals surface area (Å²) in [6, 6.07) is 0.535. The lowest BCUT2D eigenvalue weighted by molar-refractivity contribution is 0.226. The molecule has 1 aliphatic carbocycles. The molecule has 1 N–H and O–H groups in total. The van der Waals surface area contributed by atoms with Crippen molar-refractivity contribution in [3.8, 4) is 0 Å². The fourth-order valence-corrected chi connectivity index (χ4v) is 3.93. The lowest BCUT2D eigenvalue weighted by atomic mass is 9.78. The van der Waals surface area contributed by atoms with Gasteiger partial charge in [0, 0.05) is 19.0 Å². The van der Waals surface area contributed by atoms with E-state index >= 15 is 0 Å². The van der Waals surface area contributed by atoms with Crippen LogP contribution in [0.3, 0.4) is 0 Å². The molecule has 1 unspecified atom stereocenters. The topological polar surface area (TPSA) is 29.9 Å². The van der Waals surface area contributed by atoms with E-state index in [1.807, 2.05) is 0 Å². The Bertz CT molecular complexity index is 433. The molecule has 1 fully saturated rings. The van der Waals surface area contributed by atoms with Crippen LogP contribution in [0, 0.1) is 12.3 Å². The number of rotatable bonds is 5. The Morgan fingerprint density at radius 1 is 1.42 bits per heavy atom. The third-order valence-corrected chi connectivity index (χ3v) is 5.82. The summed E-state index contributed by atoms with van der Waals surface area (Å²) < 4.78 is 3.33. The molecule has 0 saturated heterocycles. The quantitative estimate of drug-likeness (QED) is 0.893. The van der Waals surface area contributed by atoms with Crippen LogP contribution >= 0.6 is 15.9 Å². The van der Waals surface area contributed by atoms with Crippen molar-refractivity contribution >= 4 is 15.9 Å². The van der Waals surface area contributed by atoms with Gasteiger partial charge in [-0.05, 0) is 55.1 Å². The van der Waals surface area contributed by atoms with Gasteiger partial charge in [0.05, 0.1) is 15.9 Å². The summed E-state index contributed by atoms with van der Waals surface area (Å²) in [5.41, 5.74) is 2.88. The maximum Gasteiger partial charge on any atom is 0.0738 e. The van der Waals surface area contributed by atoms with Crippen molar-refractivity contribution in [2.24, 2.45) is 5.41 Å². The van der Waals surface area contributed by atoms with Crippen molar-refractivity contribution in [3.05, 3.63) is 15.9 Å². The lowest BCUT2D eigenvalue weighted by Crippen LogP contribution is -2.42. The number of nitrogens with zero attached hydrogens (tertiary/aromatic N) is 2. The van der Waals surface area contributed by atoms with Crippen molar-refractivity contribution in [3.63, 3.8) is 0 Å². The van der Waals surface area contributed by atoms with Crippen LogP contribution in [-0.2, 0) is 13.0 Å². The second-order valence-corrected chi connectivity index (χ2v) is 6.86. The third kappa shape index (κ3) is 2.89. The zero-order valence-electron chi connectivity index (χ0n) is 12.6. The molecule has 0 amide bonds. The Morgan fingerprint density at radius 2 is 2.05 bits per heavy atom. The predicted molar refractivity (Wildman–Crippen MR) is 83.5 cm³/mol. The number of halogens is 1. The van der Waals surface area contributed by atoms with Gasteiger partial charge >= 0.3 is 0 Å². The average molecular weight is 328 g/mol. The van der Waals surface area contributed by atoms with Gasteiger partial charge in [-0.1, -0.05) is 19.8 Å². The fourth-order valence-electron chi connectivity index (χ4n) is 3.49. The van der Waals surface area contributed by atoms with E-state index < -0.39 is 0 Å². The van der Waals surface area contributed by atoms with E-state index in [0.29, 0.717) is 11.5 Å². The Kier molecular flexibility index (Phi) is 4.72. The molecule has 2 rings (SSSR count). The molecule has 1 saturated carbocycles. The summed E-state index contributed by atoms with van der Waals surface area (Å²) in [6.45, 7) is 7.61. The summed E-state index contributed by atoms with van der Waals surface area (Å²) in [5.74, 6) is 0. The highest BCUT2D eigenvalue weighted by Crippen LogP contribution is 2.42. The molecule has 1 atom stereocenters. The van der Waals surface area contributed by atoms with Crippen molar-refractivity contribution in [2.45, 2.75) is 65.5 Å². The molecule has 108 valence electrons. The van der Waals surface area contributed by atoms with Crippen LogP contribution in [-0.4, -0.2) is 22.9 Å². The number of hydrogen-bond acceptors (Lipinski definition) is 2. The zero-order valence-corrected chi connectivity index (χ0v) is 14.2. The maximum absolute atomic E-state index is 4.61. The van der Waals surface area contributed by atoms with Gasteiger partial charge in [0.15, 0.2) is 0 Å². The van der Waals surface area contributed by atoms with E-state index in [9.17, 15) is 0 Å². The Labute approximate surface area is 125 Å². The lowest BCUT2D eigenvalue weighted by Gasteiger charge is -2.34. The van der Waals surface area contributed by atoms with Crippen molar-refractivity contribution in [1.29, 1.82) is 0 Å². The molecule has 4 heteroatoms. The molecule has 19 heavy (non-hydrogen) atoms. The van der Waals surface area contributed by atoms with E-state index in [-0.39, 0.29) is 0 Å². The highest BCUT2D eigenvalue weighted by molar-refractivity contribution is 9.10. The van der Waals surface area contributed by atoms with Crippen LogP contribution in [0.25, 0.3) is 0 Å². The second kappa shape index (κ2) is 5.96. The molecule has 1 aromatic rings. The summed E-state index contributed by atoms with van der Waals surface area (Å²) >= 11 is 3.71. The SMILES string of the molecule is CCn1nc(C)c(Br)c1CC(NC)C1(C)CCCC1. The minimum absolute atomic E-state index is 0.435. The molecular weight excluding hydrogens is 302 g/mol. The standard InChI is InChI=1S/C15H26BrN3/c1-5-19-12(14(16)11(2)18-19)10-13(17-4)15(3)8-6-7-9-15/h13,17H,5-10H2,1-4H3. The number of likely N-dealkylation sites (N-methyl/N-ethyl adjacent to an activating group) is 1. The van der Waals surface area contributed by atoms with Crippen molar-refractivity contribution in [2.75, 3.05) is 7.05 Å². The van der Waals surface area contributed by atoms with Gasteiger partial charge in [-0.3, -0.25) is 4.68 Å². The van der Waals surface area contributed by atoms with E-state index in [1.165, 1.54) is 35.8 Å². The summed E-state index contributed by atoms with van der Waals surface area (Å²) in [4.78, 5) is 0. The molecule has 1 aliphatic rings. The first-order valence-electron chi connectivity index (χ1n) is 7.41. The van der Waals surface area contributed by atoms with Gasteiger partial charge in [0.25, 0.3) is 0 Å². The second-order valence-electron chi connectivity index (χ2n) is 6.07. The average Bonchev–Trinajstić information content (AvgIpc) is 2.94. The van der Waals surface area contributed by atoms with Crippen LogP contribution in [0.1, 0.15) is 50.9 Å². The Balaban J connectivity index is 2.23. The molecular formula is C15H26BrN3. The molecule has 0 aromatic carbocycles. The molecule has 1 heterocycles. The molecule has 3 nitrogen and oxygen atoms in total. The van der Waals surface area contributed by atoms with Crippen molar-refractivity contribution in [1.82, 2.24) is 15.1 Å². The highest BCUT2D eigenvalue weighted by Gasteiger charge is 2.37. The van der Waals surface area contributed by atoms with E-state index in [0.717, 1.165) is 18.7 Å². The van der Waals surface area contributed by atoms with Crippen LogP contribution in [0.5, 0.6) is 0 Å². The minimum atomic E-state index is 0.435. The Morgan fingerprint density at radius 3 is 2.58 bits per heavy atom. The smallest absolute Gasteiger partial charge is 0.0738 e. The number of aryl methyl sites for hydroxylation is 2. The minimum Gasteiger partial charge on any atom is -0.316 e. The van der Waals surface area contributed by atoms with Crippen LogP contribution in [0.2, 0.25) is 0 Å². The number of nitrogens with one attached hydrogen (secondary N) is 1. The van der Waals surface area contributed by atoms with Crippen LogP contribution in [0.4, 0.5) is 0 Å². The molecule has 0 spiro atoms. The molecule has 0 radical (unpaired) electrons. The normalized spacial score (nSPS) is 19.8. The number of hydrogen-bond donors (Lipinski definition) is 1. The Hall–Kier alpha value is -0.350. The fraction of sp³-hybridized carbons (Fsp3) is 0.800. The van der Waals surface area contributed by atoms with E-state index in [1.54, 1.807) is 0 Å². The highest BCUT2D eigenvalue weighted by atomic mass is 79.9. The maximum atomic E-state index is 4.61. The van der Waals surface area contributed by atoms with Crippen molar-refractivity contribution < 1.29 is 0 Å². The third-order valence-electron chi connectivity index (χ3n) is 4.79. The van der Waals surface area contributed by atoms with Gasteiger partial charge in [0.1, 0.15) is 0 Å². The van der Waals surface area contributed by atoms with Gasteiger partial charge < -0.3 is 5.32 Å². The molecule has 0 bridgehead atoms. The summed E-state index contributed by atoms with van der Waals surface area (Å²) in [6.07, 6.45) is 6.50. The van der Waals surface area contributed by atoms with E-state index in [2.05, 4.69) is 58.8 Å². The summed E-state index contributed by atoms with van der Waals surface area (Å²) in [5, 5.41) is 8.17. The van der Waals surface area contributed by atoms with Gasteiger partial charge in [-0.15, -0.1) is 0 Å². The van der Waals surface area contributed by atoms with Gasteiger partial charge in [0.2, 0.25) is 0 Å². The largest absolute Gasteiger partial charge is 0.316 e. The zero-order chi connectivity index (χ0) is 14.0. The first-order chi connectivity index (χ1) is 9.01. The van der Waals surface area contributed by atoms with Crippen LogP contribution in [0.15, 0.2) is 4.47 Å². The monoisotopic (exact) mass is 327 g/mol. The number of aromatic nitrogens is 2.